The molecule has 0 saturated carbocycles. The molecule has 0 heterocycles. The molecule has 0 amide bonds. The molecule has 0 aliphatic heterocycles. The molecular weight excluding hydrogens is 365 g/mol. The summed E-state index contributed by atoms with van der Waals surface area (Å²) < 4.78 is 2.38. The Kier molecular flexibility index (Phi) is 5.86. The highest BCUT2D eigenvalue weighted by atomic mass is 127. The van der Waals surface area contributed by atoms with Crippen molar-refractivity contribution in [3.05, 3.63) is 44.5 Å². The summed E-state index contributed by atoms with van der Waals surface area (Å²) in [7, 11) is 0. The van der Waals surface area contributed by atoms with Gasteiger partial charge in [-0.2, -0.15) is 0 Å². The van der Waals surface area contributed by atoms with E-state index in [1.54, 1.807) is 0 Å². The number of hydrogen-bond acceptors (Lipinski definition) is 1. The van der Waals surface area contributed by atoms with E-state index in [1.807, 2.05) is 6.08 Å². The van der Waals surface area contributed by atoms with Crippen LogP contribution in [-0.2, 0) is 0 Å². The Morgan fingerprint density at radius 2 is 2.33 bits per heavy atom. The molecule has 1 aromatic carbocycles. The van der Waals surface area contributed by atoms with Gasteiger partial charge in [0.05, 0.1) is 6.04 Å². The fraction of sp³-hybridized carbons (Fsp3) is 0.333. The Balaban J connectivity index is 2.90. The summed E-state index contributed by atoms with van der Waals surface area (Å²) in [5.41, 5.74) is 1.29. The Morgan fingerprint density at radius 3 is 2.93 bits per heavy atom. The number of benzene rings is 1. The third-order valence-corrected chi connectivity index (χ3v) is 3.62. The molecule has 0 aliphatic carbocycles. The highest BCUT2D eigenvalue weighted by Gasteiger charge is 2.10. The van der Waals surface area contributed by atoms with Crippen molar-refractivity contribution in [2.45, 2.75) is 19.4 Å². The Morgan fingerprint density at radius 1 is 1.60 bits per heavy atom. The van der Waals surface area contributed by atoms with Gasteiger partial charge in [0.2, 0.25) is 0 Å². The quantitative estimate of drug-likeness (QED) is 0.594. The molecule has 0 fully saturated rings. The van der Waals surface area contributed by atoms with Crippen LogP contribution >= 0.6 is 38.5 Å². The van der Waals surface area contributed by atoms with Crippen LogP contribution in [0.1, 0.15) is 24.9 Å². The molecule has 1 nitrogen and oxygen atoms in total. The fourth-order valence-corrected chi connectivity index (χ4v) is 2.42. The molecule has 1 unspecified atom stereocenters. The molecule has 0 spiro atoms. The van der Waals surface area contributed by atoms with Gasteiger partial charge >= 0.3 is 0 Å². The van der Waals surface area contributed by atoms with Crippen molar-refractivity contribution in [2.75, 3.05) is 6.54 Å². The molecule has 0 bridgehead atoms. The number of rotatable bonds is 5. The molecule has 0 aliphatic rings. The summed E-state index contributed by atoms with van der Waals surface area (Å²) in [5.74, 6) is 0. The van der Waals surface area contributed by atoms with Gasteiger partial charge < -0.3 is 5.32 Å². The number of halogens is 2. The summed E-state index contributed by atoms with van der Waals surface area (Å²) in [6, 6.07) is 6.57. The number of hydrogen-bond donors (Lipinski definition) is 1. The van der Waals surface area contributed by atoms with E-state index in [0.717, 1.165) is 17.4 Å². The predicted octanol–water partition coefficient (Wildman–Crippen LogP) is 4.28. The maximum Gasteiger partial charge on any atom is 0.0514 e. The maximum absolute atomic E-state index is 3.88. The lowest BCUT2D eigenvalue weighted by molar-refractivity contribution is 0.611. The monoisotopic (exact) mass is 379 g/mol. The van der Waals surface area contributed by atoms with Crippen molar-refractivity contribution in [2.24, 2.45) is 0 Å². The zero-order valence-corrected chi connectivity index (χ0v) is 12.5. The van der Waals surface area contributed by atoms with E-state index in [-0.39, 0.29) is 6.04 Å². The first-order valence-electron chi connectivity index (χ1n) is 5.00. The lowest BCUT2D eigenvalue weighted by Gasteiger charge is -2.16. The summed E-state index contributed by atoms with van der Waals surface area (Å²) in [6.45, 7) is 7.06. The molecular formula is C12H15BrIN. The van der Waals surface area contributed by atoms with E-state index >= 15 is 0 Å². The van der Waals surface area contributed by atoms with E-state index < -0.39 is 0 Å². The van der Waals surface area contributed by atoms with Gasteiger partial charge in [-0.25, -0.2) is 0 Å². The van der Waals surface area contributed by atoms with Gasteiger partial charge in [0.15, 0.2) is 0 Å². The first-order chi connectivity index (χ1) is 7.19. The molecule has 1 rings (SSSR count). The lowest BCUT2D eigenvalue weighted by atomic mass is 10.1. The standard InChI is InChI=1S/C12H15BrIN/c1-3-7-15-12(4-2)10-8-9(13)5-6-11(10)14/h4-6,8,12,15H,2-3,7H2,1H3. The topological polar surface area (TPSA) is 12.0 Å². The second-order valence-electron chi connectivity index (χ2n) is 3.33. The van der Waals surface area contributed by atoms with Crippen molar-refractivity contribution in [1.82, 2.24) is 5.32 Å². The average molecular weight is 380 g/mol. The smallest absolute Gasteiger partial charge is 0.0514 e. The van der Waals surface area contributed by atoms with Crippen LogP contribution in [0.2, 0.25) is 0 Å². The third-order valence-electron chi connectivity index (χ3n) is 2.14. The number of nitrogens with one attached hydrogen (secondary N) is 1. The molecule has 0 saturated heterocycles. The van der Waals surface area contributed by atoms with Crippen LogP contribution in [-0.4, -0.2) is 6.54 Å². The van der Waals surface area contributed by atoms with Gasteiger partial charge in [0.1, 0.15) is 0 Å². The maximum atomic E-state index is 3.88. The van der Waals surface area contributed by atoms with Gasteiger partial charge in [-0.15, -0.1) is 6.58 Å². The molecule has 1 N–H and O–H groups in total. The molecule has 1 atom stereocenters. The molecule has 1 aromatic rings. The normalized spacial score (nSPS) is 12.5. The largest absolute Gasteiger partial charge is 0.307 e. The minimum Gasteiger partial charge on any atom is -0.307 e. The zero-order valence-electron chi connectivity index (χ0n) is 8.76. The lowest BCUT2D eigenvalue weighted by Crippen LogP contribution is -2.20. The Labute approximate surface area is 114 Å². The third kappa shape index (κ3) is 3.89. The van der Waals surface area contributed by atoms with Gasteiger partial charge in [-0.1, -0.05) is 28.9 Å². The molecule has 15 heavy (non-hydrogen) atoms. The van der Waals surface area contributed by atoms with E-state index in [1.165, 1.54) is 9.13 Å². The first-order valence-corrected chi connectivity index (χ1v) is 6.87. The van der Waals surface area contributed by atoms with Crippen LogP contribution in [0.15, 0.2) is 35.3 Å². The van der Waals surface area contributed by atoms with Gasteiger partial charge in [0, 0.05) is 8.04 Å². The molecule has 3 heteroatoms. The molecule has 0 radical (unpaired) electrons. The van der Waals surface area contributed by atoms with Crippen molar-refractivity contribution < 1.29 is 0 Å². The Hall–Kier alpha value is 0.130. The average Bonchev–Trinajstić information content (AvgIpc) is 2.24. The molecule has 0 aromatic heterocycles. The van der Waals surface area contributed by atoms with Crippen LogP contribution < -0.4 is 5.32 Å². The van der Waals surface area contributed by atoms with E-state index in [9.17, 15) is 0 Å². The summed E-state index contributed by atoms with van der Waals surface area (Å²) in [4.78, 5) is 0. The molecule has 82 valence electrons. The summed E-state index contributed by atoms with van der Waals surface area (Å²) in [6.07, 6.45) is 3.09. The van der Waals surface area contributed by atoms with Crippen molar-refractivity contribution in [3.63, 3.8) is 0 Å². The summed E-state index contributed by atoms with van der Waals surface area (Å²) in [5, 5.41) is 3.46. The van der Waals surface area contributed by atoms with Crippen LogP contribution in [0.4, 0.5) is 0 Å². The van der Waals surface area contributed by atoms with Crippen LogP contribution in [0.5, 0.6) is 0 Å². The van der Waals surface area contributed by atoms with Gasteiger partial charge in [-0.3, -0.25) is 0 Å². The second kappa shape index (κ2) is 6.66. The minimum atomic E-state index is 0.245. The van der Waals surface area contributed by atoms with E-state index in [2.05, 4.69) is 75.5 Å². The first kappa shape index (κ1) is 13.2. The van der Waals surface area contributed by atoms with Crippen LogP contribution in [0.3, 0.4) is 0 Å². The highest BCUT2D eigenvalue weighted by molar-refractivity contribution is 14.1. The van der Waals surface area contributed by atoms with Crippen molar-refractivity contribution in [1.29, 1.82) is 0 Å². The highest BCUT2D eigenvalue weighted by Crippen LogP contribution is 2.24. The fourth-order valence-electron chi connectivity index (χ4n) is 1.37. The van der Waals surface area contributed by atoms with Crippen LogP contribution in [0, 0.1) is 3.57 Å². The Bertz CT molecular complexity index is 338. The second-order valence-corrected chi connectivity index (χ2v) is 5.41. The van der Waals surface area contributed by atoms with E-state index in [4.69, 9.17) is 0 Å². The minimum absolute atomic E-state index is 0.245. The SMILES string of the molecule is C=CC(NCCC)c1cc(Br)ccc1I. The van der Waals surface area contributed by atoms with Gasteiger partial charge in [-0.05, 0) is 59.3 Å². The zero-order chi connectivity index (χ0) is 11.3. The summed E-state index contributed by atoms with van der Waals surface area (Å²) >= 11 is 5.86. The van der Waals surface area contributed by atoms with Gasteiger partial charge in [0.25, 0.3) is 0 Å². The van der Waals surface area contributed by atoms with E-state index in [0.29, 0.717) is 0 Å². The van der Waals surface area contributed by atoms with Crippen LogP contribution in [0.25, 0.3) is 0 Å². The van der Waals surface area contributed by atoms with Crippen molar-refractivity contribution in [3.8, 4) is 0 Å². The van der Waals surface area contributed by atoms with Crippen molar-refractivity contribution >= 4 is 38.5 Å². The predicted molar refractivity (Wildman–Crippen MR) is 78.1 cm³/mol.